The van der Waals surface area contributed by atoms with Gasteiger partial charge in [0.2, 0.25) is 15.9 Å². The van der Waals surface area contributed by atoms with E-state index in [0.717, 1.165) is 24.0 Å². The number of rotatable bonds is 4. The molecule has 0 radical (unpaired) electrons. The van der Waals surface area contributed by atoms with Crippen molar-refractivity contribution >= 4 is 10.0 Å². The van der Waals surface area contributed by atoms with Crippen LogP contribution in [0.1, 0.15) is 24.0 Å². The van der Waals surface area contributed by atoms with Gasteiger partial charge in [0.25, 0.3) is 0 Å². The average molecular weight is 347 g/mol. The molecular weight excluding hydrogens is 326 g/mol. The molecule has 2 heterocycles. The highest BCUT2D eigenvalue weighted by Gasteiger charge is 2.31. The first-order valence-electron chi connectivity index (χ1n) is 7.97. The molecule has 1 aliphatic heterocycles. The minimum atomic E-state index is -3.51. The number of aromatic nitrogens is 2. The summed E-state index contributed by atoms with van der Waals surface area (Å²) in [5.74, 6) is 0.473. The number of hydrogen-bond acceptors (Lipinski definition) is 5. The van der Waals surface area contributed by atoms with Crippen LogP contribution in [0.2, 0.25) is 0 Å². The van der Waals surface area contributed by atoms with Crippen molar-refractivity contribution in [1.29, 1.82) is 0 Å². The number of benzene rings is 1. The first-order chi connectivity index (χ1) is 11.5. The first kappa shape index (κ1) is 16.9. The van der Waals surface area contributed by atoms with Crippen molar-refractivity contribution in [3.8, 4) is 5.88 Å². The maximum atomic E-state index is 12.9. The standard InChI is InChI=1S/C17H21N3O3S/c1-13-5-6-16(10-14(13)2)24(21,22)20-9-3-4-15(11-20)23-17-7-8-18-12-19-17/h5-8,10,12,15H,3-4,9,11H2,1-2H3/t15-/m0/s1. The van der Waals surface area contributed by atoms with E-state index in [0.29, 0.717) is 23.9 Å². The second-order valence-corrected chi connectivity index (χ2v) is 7.98. The Labute approximate surface area is 142 Å². The first-order valence-corrected chi connectivity index (χ1v) is 9.41. The predicted octanol–water partition coefficient (Wildman–Crippen LogP) is 2.33. The summed E-state index contributed by atoms with van der Waals surface area (Å²) in [7, 11) is -3.51. The molecule has 7 heteroatoms. The number of nitrogens with zero attached hydrogens (tertiary/aromatic N) is 3. The van der Waals surface area contributed by atoms with Gasteiger partial charge < -0.3 is 4.74 Å². The smallest absolute Gasteiger partial charge is 0.243 e. The van der Waals surface area contributed by atoms with Crippen LogP contribution in [0.25, 0.3) is 0 Å². The van der Waals surface area contributed by atoms with Crippen LogP contribution in [0.15, 0.2) is 41.7 Å². The summed E-state index contributed by atoms with van der Waals surface area (Å²) < 4.78 is 33.1. The van der Waals surface area contributed by atoms with E-state index >= 15 is 0 Å². The molecule has 1 aromatic carbocycles. The Morgan fingerprint density at radius 2 is 2.04 bits per heavy atom. The summed E-state index contributed by atoms with van der Waals surface area (Å²) in [6.45, 7) is 4.74. The molecule has 0 unspecified atom stereocenters. The van der Waals surface area contributed by atoms with E-state index in [9.17, 15) is 8.42 Å². The summed E-state index contributed by atoms with van der Waals surface area (Å²) in [5, 5.41) is 0. The lowest BCUT2D eigenvalue weighted by atomic mass is 10.1. The van der Waals surface area contributed by atoms with E-state index in [1.165, 1.54) is 10.6 Å². The van der Waals surface area contributed by atoms with Gasteiger partial charge in [-0.25, -0.2) is 18.4 Å². The fourth-order valence-corrected chi connectivity index (χ4v) is 4.36. The summed E-state index contributed by atoms with van der Waals surface area (Å²) in [5.41, 5.74) is 2.06. The molecule has 0 bridgehead atoms. The molecule has 24 heavy (non-hydrogen) atoms. The molecule has 0 N–H and O–H groups in total. The van der Waals surface area contributed by atoms with Crippen molar-refractivity contribution < 1.29 is 13.2 Å². The van der Waals surface area contributed by atoms with Crippen LogP contribution >= 0.6 is 0 Å². The Balaban J connectivity index is 1.77. The minimum absolute atomic E-state index is 0.199. The highest BCUT2D eigenvalue weighted by molar-refractivity contribution is 7.89. The van der Waals surface area contributed by atoms with Crippen molar-refractivity contribution in [2.75, 3.05) is 13.1 Å². The van der Waals surface area contributed by atoms with Crippen molar-refractivity contribution in [3.05, 3.63) is 47.9 Å². The Morgan fingerprint density at radius 1 is 1.21 bits per heavy atom. The van der Waals surface area contributed by atoms with E-state index < -0.39 is 10.0 Å². The second kappa shape index (κ2) is 6.86. The van der Waals surface area contributed by atoms with Crippen LogP contribution < -0.4 is 4.74 Å². The Hall–Kier alpha value is -1.99. The quantitative estimate of drug-likeness (QED) is 0.849. The maximum absolute atomic E-state index is 12.9. The van der Waals surface area contributed by atoms with Gasteiger partial charge in [0.05, 0.1) is 11.4 Å². The molecule has 1 saturated heterocycles. The lowest BCUT2D eigenvalue weighted by Gasteiger charge is -2.31. The van der Waals surface area contributed by atoms with Crippen LogP contribution in [0.3, 0.4) is 0 Å². The Kier molecular flexibility index (Phi) is 4.82. The topological polar surface area (TPSA) is 72.4 Å². The van der Waals surface area contributed by atoms with Gasteiger partial charge in [0, 0.05) is 18.8 Å². The molecular formula is C17H21N3O3S. The summed E-state index contributed by atoms with van der Waals surface area (Å²) in [4.78, 5) is 8.23. The molecule has 0 amide bonds. The molecule has 1 aliphatic rings. The third kappa shape index (κ3) is 3.57. The molecule has 1 fully saturated rings. The van der Waals surface area contributed by atoms with Crippen LogP contribution in [-0.4, -0.2) is 41.9 Å². The molecule has 2 aromatic rings. The van der Waals surface area contributed by atoms with E-state index in [2.05, 4.69) is 9.97 Å². The summed E-state index contributed by atoms with van der Waals surface area (Å²) >= 11 is 0. The van der Waals surface area contributed by atoms with Gasteiger partial charge in [-0.05, 0) is 49.9 Å². The number of aryl methyl sites for hydroxylation is 2. The summed E-state index contributed by atoms with van der Waals surface area (Å²) in [6.07, 6.45) is 4.40. The number of piperidine rings is 1. The molecule has 0 saturated carbocycles. The van der Waals surface area contributed by atoms with Crippen LogP contribution in [-0.2, 0) is 10.0 Å². The van der Waals surface area contributed by atoms with Crippen LogP contribution in [0, 0.1) is 13.8 Å². The SMILES string of the molecule is Cc1ccc(S(=O)(=O)N2CCC[C@H](Oc3ccncn3)C2)cc1C. The van der Waals surface area contributed by atoms with E-state index in [1.54, 1.807) is 24.4 Å². The average Bonchev–Trinajstić information content (AvgIpc) is 2.58. The van der Waals surface area contributed by atoms with Crippen LogP contribution in [0.5, 0.6) is 5.88 Å². The van der Waals surface area contributed by atoms with Crippen molar-refractivity contribution in [2.45, 2.75) is 37.7 Å². The fraction of sp³-hybridized carbons (Fsp3) is 0.412. The monoisotopic (exact) mass is 347 g/mol. The lowest BCUT2D eigenvalue weighted by Crippen LogP contribution is -2.44. The van der Waals surface area contributed by atoms with Crippen molar-refractivity contribution in [2.24, 2.45) is 0 Å². The summed E-state index contributed by atoms with van der Waals surface area (Å²) in [6, 6.07) is 6.93. The van der Waals surface area contributed by atoms with E-state index in [1.807, 2.05) is 19.9 Å². The molecule has 6 nitrogen and oxygen atoms in total. The zero-order valence-electron chi connectivity index (χ0n) is 13.8. The predicted molar refractivity (Wildman–Crippen MR) is 90.4 cm³/mol. The molecule has 3 rings (SSSR count). The maximum Gasteiger partial charge on any atom is 0.243 e. The number of ether oxygens (including phenoxy) is 1. The molecule has 1 aromatic heterocycles. The molecule has 0 spiro atoms. The third-order valence-corrected chi connectivity index (χ3v) is 6.16. The lowest BCUT2D eigenvalue weighted by molar-refractivity contribution is 0.124. The van der Waals surface area contributed by atoms with Gasteiger partial charge in [-0.2, -0.15) is 4.31 Å². The Morgan fingerprint density at radius 3 is 2.75 bits per heavy atom. The van der Waals surface area contributed by atoms with Crippen molar-refractivity contribution in [1.82, 2.24) is 14.3 Å². The highest BCUT2D eigenvalue weighted by Crippen LogP contribution is 2.24. The molecule has 128 valence electrons. The number of sulfonamides is 1. The third-order valence-electron chi connectivity index (χ3n) is 4.30. The zero-order valence-corrected chi connectivity index (χ0v) is 14.7. The van der Waals surface area contributed by atoms with E-state index in [-0.39, 0.29) is 6.10 Å². The minimum Gasteiger partial charge on any atom is -0.473 e. The van der Waals surface area contributed by atoms with Gasteiger partial charge in [-0.3, -0.25) is 0 Å². The van der Waals surface area contributed by atoms with Gasteiger partial charge in [0.15, 0.2) is 0 Å². The highest BCUT2D eigenvalue weighted by atomic mass is 32.2. The Bertz CT molecular complexity index is 809. The van der Waals surface area contributed by atoms with Gasteiger partial charge in [-0.15, -0.1) is 0 Å². The van der Waals surface area contributed by atoms with Crippen LogP contribution in [0.4, 0.5) is 0 Å². The van der Waals surface area contributed by atoms with Gasteiger partial charge in [-0.1, -0.05) is 6.07 Å². The second-order valence-electron chi connectivity index (χ2n) is 6.04. The molecule has 0 aliphatic carbocycles. The van der Waals surface area contributed by atoms with Gasteiger partial charge >= 0.3 is 0 Å². The normalized spacial score (nSPS) is 19.2. The largest absolute Gasteiger partial charge is 0.473 e. The molecule has 1 atom stereocenters. The zero-order chi connectivity index (χ0) is 17.2. The van der Waals surface area contributed by atoms with Gasteiger partial charge in [0.1, 0.15) is 12.4 Å². The number of hydrogen-bond donors (Lipinski definition) is 0. The van der Waals surface area contributed by atoms with Crippen molar-refractivity contribution in [3.63, 3.8) is 0 Å². The fourth-order valence-electron chi connectivity index (χ4n) is 2.76. The van der Waals surface area contributed by atoms with E-state index in [4.69, 9.17) is 4.74 Å².